The number of rotatable bonds is 4. The Hall–Kier alpha value is -2.44. The summed E-state index contributed by atoms with van der Waals surface area (Å²) in [6.45, 7) is 0.398. The molecular weight excluding hydrogens is 222 g/mol. The Labute approximate surface area is 97.0 Å². The van der Waals surface area contributed by atoms with Crippen molar-refractivity contribution < 1.29 is 9.32 Å². The van der Waals surface area contributed by atoms with Crippen LogP contribution in [-0.2, 0) is 6.42 Å². The third kappa shape index (κ3) is 2.77. The van der Waals surface area contributed by atoms with E-state index in [4.69, 9.17) is 10.3 Å². The molecule has 0 aromatic carbocycles. The molecule has 88 valence electrons. The van der Waals surface area contributed by atoms with Crippen molar-refractivity contribution in [3.05, 3.63) is 36.2 Å². The molecule has 0 aliphatic carbocycles. The Morgan fingerprint density at radius 1 is 1.53 bits per heavy atom. The number of aromatic nitrogens is 3. The Morgan fingerprint density at radius 3 is 3.12 bits per heavy atom. The summed E-state index contributed by atoms with van der Waals surface area (Å²) < 4.78 is 4.80. The van der Waals surface area contributed by atoms with Gasteiger partial charge in [0.2, 0.25) is 5.89 Å². The van der Waals surface area contributed by atoms with Crippen molar-refractivity contribution in [1.29, 1.82) is 0 Å². The quantitative estimate of drug-likeness (QED) is 0.770. The fraction of sp³-hybridized carbons (Fsp3) is 0.200. The molecule has 0 saturated heterocycles. The second-order valence-corrected chi connectivity index (χ2v) is 3.30. The first-order valence-corrected chi connectivity index (χ1v) is 5.00. The highest BCUT2D eigenvalue weighted by Crippen LogP contribution is 2.07. The number of nitrogens with one attached hydrogen (secondary N) is 1. The SMILES string of the molecule is Nc1ccncc1C(=O)NCCc1ncno1. The number of amides is 1. The number of hydrogen-bond acceptors (Lipinski definition) is 6. The van der Waals surface area contributed by atoms with Crippen molar-refractivity contribution in [3.8, 4) is 0 Å². The summed E-state index contributed by atoms with van der Waals surface area (Å²) in [5, 5.41) is 6.15. The second kappa shape index (κ2) is 5.06. The zero-order valence-corrected chi connectivity index (χ0v) is 8.96. The van der Waals surface area contributed by atoms with Crippen molar-refractivity contribution in [1.82, 2.24) is 20.4 Å². The normalized spacial score (nSPS) is 10.1. The summed E-state index contributed by atoms with van der Waals surface area (Å²) in [5.41, 5.74) is 6.40. The lowest BCUT2D eigenvalue weighted by Crippen LogP contribution is -2.26. The van der Waals surface area contributed by atoms with Gasteiger partial charge in [0.1, 0.15) is 0 Å². The molecule has 7 nitrogen and oxygen atoms in total. The van der Waals surface area contributed by atoms with Crippen LogP contribution in [0, 0.1) is 0 Å². The molecule has 0 spiro atoms. The maximum atomic E-state index is 11.7. The van der Waals surface area contributed by atoms with Gasteiger partial charge in [-0.25, -0.2) is 0 Å². The molecule has 1 amide bonds. The lowest BCUT2D eigenvalue weighted by atomic mass is 10.2. The number of carbonyl (C=O) groups excluding carboxylic acids is 1. The first-order valence-electron chi connectivity index (χ1n) is 5.00. The highest BCUT2D eigenvalue weighted by molar-refractivity contribution is 5.98. The van der Waals surface area contributed by atoms with Gasteiger partial charge in [0, 0.05) is 31.0 Å². The Morgan fingerprint density at radius 2 is 2.41 bits per heavy atom. The molecule has 0 atom stereocenters. The molecule has 0 fully saturated rings. The van der Waals surface area contributed by atoms with Gasteiger partial charge in [-0.15, -0.1) is 0 Å². The van der Waals surface area contributed by atoms with E-state index in [1.165, 1.54) is 18.7 Å². The van der Waals surface area contributed by atoms with Gasteiger partial charge in [0.25, 0.3) is 5.91 Å². The fourth-order valence-corrected chi connectivity index (χ4v) is 1.28. The number of pyridine rings is 1. The maximum absolute atomic E-state index is 11.7. The Kier molecular flexibility index (Phi) is 3.29. The molecule has 2 heterocycles. The Bertz CT molecular complexity index is 497. The number of hydrogen-bond donors (Lipinski definition) is 2. The van der Waals surface area contributed by atoms with E-state index in [1.54, 1.807) is 6.07 Å². The fourth-order valence-electron chi connectivity index (χ4n) is 1.28. The van der Waals surface area contributed by atoms with Crippen LogP contribution >= 0.6 is 0 Å². The van der Waals surface area contributed by atoms with Crippen LogP contribution in [0.5, 0.6) is 0 Å². The largest absolute Gasteiger partial charge is 0.398 e. The molecule has 0 unspecified atom stereocenters. The van der Waals surface area contributed by atoms with Gasteiger partial charge >= 0.3 is 0 Å². The number of carbonyl (C=O) groups is 1. The van der Waals surface area contributed by atoms with Crippen LogP contribution in [0.4, 0.5) is 5.69 Å². The van der Waals surface area contributed by atoms with E-state index in [2.05, 4.69) is 20.4 Å². The van der Waals surface area contributed by atoms with E-state index < -0.39 is 0 Å². The zero-order valence-electron chi connectivity index (χ0n) is 8.96. The Balaban J connectivity index is 1.88. The molecule has 0 radical (unpaired) electrons. The molecule has 0 bridgehead atoms. The predicted molar refractivity (Wildman–Crippen MR) is 59.0 cm³/mol. The van der Waals surface area contributed by atoms with Crippen molar-refractivity contribution in [2.24, 2.45) is 0 Å². The minimum Gasteiger partial charge on any atom is -0.398 e. The molecule has 3 N–H and O–H groups in total. The van der Waals surface area contributed by atoms with Crippen LogP contribution in [-0.4, -0.2) is 27.6 Å². The number of nitrogens with zero attached hydrogens (tertiary/aromatic N) is 3. The number of nitrogen functional groups attached to an aromatic ring is 1. The van der Waals surface area contributed by atoms with Gasteiger partial charge in [-0.05, 0) is 6.07 Å². The minimum absolute atomic E-state index is 0.268. The minimum atomic E-state index is -0.268. The topological polar surface area (TPSA) is 107 Å². The first kappa shape index (κ1) is 11.1. The molecule has 17 heavy (non-hydrogen) atoms. The smallest absolute Gasteiger partial charge is 0.254 e. The number of nitrogens with two attached hydrogens (primary N) is 1. The van der Waals surface area contributed by atoms with Crippen LogP contribution in [0.3, 0.4) is 0 Å². The lowest BCUT2D eigenvalue weighted by Gasteiger charge is -2.05. The summed E-state index contributed by atoms with van der Waals surface area (Å²) in [6.07, 6.45) is 4.75. The van der Waals surface area contributed by atoms with Crippen LogP contribution in [0.2, 0.25) is 0 Å². The van der Waals surface area contributed by atoms with Crippen molar-refractivity contribution in [3.63, 3.8) is 0 Å². The predicted octanol–water partition coefficient (Wildman–Crippen LogP) is 0.0193. The van der Waals surface area contributed by atoms with Crippen molar-refractivity contribution >= 4 is 11.6 Å². The monoisotopic (exact) mass is 233 g/mol. The summed E-state index contributed by atoms with van der Waals surface area (Å²) in [6, 6.07) is 1.58. The van der Waals surface area contributed by atoms with E-state index in [0.717, 1.165) is 0 Å². The van der Waals surface area contributed by atoms with Crippen LogP contribution < -0.4 is 11.1 Å². The molecule has 2 rings (SSSR count). The van der Waals surface area contributed by atoms with Gasteiger partial charge in [-0.3, -0.25) is 9.78 Å². The van der Waals surface area contributed by atoms with E-state index in [9.17, 15) is 4.79 Å². The third-order valence-electron chi connectivity index (χ3n) is 2.13. The molecule has 2 aromatic heterocycles. The zero-order chi connectivity index (χ0) is 12.1. The van der Waals surface area contributed by atoms with Gasteiger partial charge in [-0.1, -0.05) is 5.16 Å². The highest BCUT2D eigenvalue weighted by Gasteiger charge is 2.09. The van der Waals surface area contributed by atoms with Gasteiger partial charge in [0.05, 0.1) is 5.56 Å². The molecule has 0 saturated carbocycles. The van der Waals surface area contributed by atoms with Crippen LogP contribution in [0.25, 0.3) is 0 Å². The van der Waals surface area contributed by atoms with E-state index >= 15 is 0 Å². The first-order chi connectivity index (χ1) is 8.27. The maximum Gasteiger partial charge on any atom is 0.254 e. The summed E-state index contributed by atoms with van der Waals surface area (Å²) >= 11 is 0. The van der Waals surface area contributed by atoms with Gasteiger partial charge in [-0.2, -0.15) is 4.98 Å². The van der Waals surface area contributed by atoms with E-state index in [0.29, 0.717) is 30.1 Å². The van der Waals surface area contributed by atoms with Crippen LogP contribution in [0.1, 0.15) is 16.2 Å². The summed E-state index contributed by atoms with van der Waals surface area (Å²) in [4.78, 5) is 19.4. The molecule has 7 heteroatoms. The molecule has 2 aromatic rings. The van der Waals surface area contributed by atoms with Crippen molar-refractivity contribution in [2.45, 2.75) is 6.42 Å². The van der Waals surface area contributed by atoms with Gasteiger partial charge < -0.3 is 15.6 Å². The van der Waals surface area contributed by atoms with E-state index in [-0.39, 0.29) is 5.91 Å². The lowest BCUT2D eigenvalue weighted by molar-refractivity contribution is 0.0954. The molecule has 0 aliphatic rings. The third-order valence-corrected chi connectivity index (χ3v) is 2.13. The highest BCUT2D eigenvalue weighted by atomic mass is 16.5. The molecular formula is C10H11N5O2. The summed E-state index contributed by atoms with van der Waals surface area (Å²) in [7, 11) is 0. The number of anilines is 1. The van der Waals surface area contributed by atoms with Crippen LogP contribution in [0.15, 0.2) is 29.3 Å². The van der Waals surface area contributed by atoms with E-state index in [1.807, 2.05) is 0 Å². The average Bonchev–Trinajstić information content (AvgIpc) is 2.82. The standard InChI is InChI=1S/C10H11N5O2/c11-8-1-3-12-5-7(8)10(16)13-4-2-9-14-6-15-17-9/h1,3,5-6H,2,4H2,(H2,11,12)(H,13,16). The average molecular weight is 233 g/mol. The molecule has 0 aliphatic heterocycles. The van der Waals surface area contributed by atoms with Crippen molar-refractivity contribution in [2.75, 3.05) is 12.3 Å². The van der Waals surface area contributed by atoms with Gasteiger partial charge in [0.15, 0.2) is 6.33 Å². The summed E-state index contributed by atoms with van der Waals surface area (Å²) in [5.74, 6) is 0.208. The second-order valence-electron chi connectivity index (χ2n) is 3.30.